The predicted octanol–water partition coefficient (Wildman–Crippen LogP) is 5.75. The van der Waals surface area contributed by atoms with Crippen LogP contribution in [-0.4, -0.2) is 72.4 Å². The van der Waals surface area contributed by atoms with Crippen LogP contribution in [0, 0.1) is 32.5 Å². The molecule has 0 spiro atoms. The first kappa shape index (κ1) is 42.8. The summed E-state index contributed by atoms with van der Waals surface area (Å²) in [4.78, 5) is 81.3. The summed E-state index contributed by atoms with van der Waals surface area (Å²) in [6.07, 6.45) is -10.1. The van der Waals surface area contributed by atoms with Crippen molar-refractivity contribution in [1.82, 2.24) is 0 Å². The standard InChI is InChI=1S/C36H60O12/c1-31(2,3)25(37)43-19-20(44-26(38)32(4,5)6)22(46-28(40)34(10,11)12)24(48-30(42)36(16,17)18)23(47-29(41)35(13,14)15)21(19)45-27(39)33(7,8)9/h19-24H,1-18H3. The van der Waals surface area contributed by atoms with Crippen LogP contribution >= 0.6 is 0 Å². The van der Waals surface area contributed by atoms with Crippen molar-refractivity contribution in [2.75, 3.05) is 0 Å². The Bertz CT molecular complexity index is 962. The lowest BCUT2D eigenvalue weighted by Crippen LogP contribution is -2.70. The molecular weight excluding hydrogens is 624 g/mol. The minimum atomic E-state index is -1.69. The van der Waals surface area contributed by atoms with Gasteiger partial charge in [0.2, 0.25) is 0 Å². The van der Waals surface area contributed by atoms with E-state index in [1.54, 1.807) is 125 Å². The van der Waals surface area contributed by atoms with E-state index >= 15 is 0 Å². The highest BCUT2D eigenvalue weighted by Gasteiger charge is 2.63. The van der Waals surface area contributed by atoms with E-state index in [1.165, 1.54) is 0 Å². The first-order valence-electron chi connectivity index (χ1n) is 16.4. The topological polar surface area (TPSA) is 158 Å². The third kappa shape index (κ3) is 11.5. The first-order chi connectivity index (χ1) is 21.1. The monoisotopic (exact) mass is 684 g/mol. The van der Waals surface area contributed by atoms with Crippen LogP contribution in [0.4, 0.5) is 0 Å². The number of esters is 6. The number of carbonyl (C=O) groups is 6. The van der Waals surface area contributed by atoms with Crippen molar-refractivity contribution in [2.24, 2.45) is 32.5 Å². The van der Waals surface area contributed by atoms with Crippen LogP contribution in [0.2, 0.25) is 0 Å². The predicted molar refractivity (Wildman–Crippen MR) is 176 cm³/mol. The van der Waals surface area contributed by atoms with Crippen LogP contribution in [-0.2, 0) is 57.2 Å². The summed E-state index contributed by atoms with van der Waals surface area (Å²) in [7, 11) is 0. The summed E-state index contributed by atoms with van der Waals surface area (Å²) < 4.78 is 36.0. The van der Waals surface area contributed by atoms with Gasteiger partial charge in [-0.05, 0) is 125 Å². The normalized spacial score (nSPS) is 24.1. The zero-order valence-corrected chi connectivity index (χ0v) is 32.4. The smallest absolute Gasteiger partial charge is 0.311 e. The van der Waals surface area contributed by atoms with Crippen molar-refractivity contribution >= 4 is 35.8 Å². The van der Waals surface area contributed by atoms with Crippen LogP contribution in [0.3, 0.4) is 0 Å². The maximum absolute atomic E-state index is 13.6. The second-order valence-corrected chi connectivity index (χ2v) is 18.7. The molecule has 0 aromatic rings. The molecule has 0 radical (unpaired) electrons. The van der Waals surface area contributed by atoms with Crippen molar-refractivity contribution in [3.8, 4) is 0 Å². The van der Waals surface area contributed by atoms with Crippen molar-refractivity contribution < 1.29 is 57.2 Å². The van der Waals surface area contributed by atoms with E-state index in [-0.39, 0.29) is 0 Å². The zero-order chi connectivity index (χ0) is 38.2. The maximum Gasteiger partial charge on any atom is 0.311 e. The average molecular weight is 685 g/mol. The molecular formula is C36H60O12. The fourth-order valence-corrected chi connectivity index (χ4v) is 3.73. The molecule has 1 saturated carbocycles. The summed E-state index contributed by atoms with van der Waals surface area (Å²) in [5.41, 5.74) is -6.66. The molecule has 12 heteroatoms. The molecule has 0 atom stereocenters. The Balaban J connectivity index is 4.35. The quantitative estimate of drug-likeness (QED) is 0.247. The molecule has 0 amide bonds. The van der Waals surface area contributed by atoms with Gasteiger partial charge in [-0.15, -0.1) is 0 Å². The van der Waals surface area contributed by atoms with E-state index in [0.29, 0.717) is 0 Å². The molecule has 0 N–H and O–H groups in total. The molecule has 0 aliphatic heterocycles. The second-order valence-electron chi connectivity index (χ2n) is 18.7. The van der Waals surface area contributed by atoms with Gasteiger partial charge < -0.3 is 28.4 Å². The van der Waals surface area contributed by atoms with Crippen LogP contribution in [0.5, 0.6) is 0 Å². The van der Waals surface area contributed by atoms with E-state index in [4.69, 9.17) is 28.4 Å². The molecule has 12 nitrogen and oxygen atoms in total. The molecule has 0 aromatic heterocycles. The highest BCUT2D eigenvalue weighted by molar-refractivity contribution is 5.80. The minimum Gasteiger partial charge on any atom is -0.454 e. The zero-order valence-electron chi connectivity index (χ0n) is 32.4. The van der Waals surface area contributed by atoms with Crippen molar-refractivity contribution in [1.29, 1.82) is 0 Å². The molecule has 48 heavy (non-hydrogen) atoms. The van der Waals surface area contributed by atoms with Gasteiger partial charge in [0.05, 0.1) is 32.5 Å². The molecule has 0 saturated heterocycles. The summed E-state index contributed by atoms with van der Waals surface area (Å²) in [6.45, 7) is 28.6. The molecule has 0 aromatic carbocycles. The van der Waals surface area contributed by atoms with Crippen LogP contribution in [0.25, 0.3) is 0 Å². The van der Waals surface area contributed by atoms with E-state index in [9.17, 15) is 28.8 Å². The Morgan fingerprint density at radius 3 is 0.396 bits per heavy atom. The molecule has 0 heterocycles. The van der Waals surface area contributed by atoms with E-state index < -0.39 is 105 Å². The van der Waals surface area contributed by atoms with Gasteiger partial charge in [0.1, 0.15) is 0 Å². The number of hydrogen-bond donors (Lipinski definition) is 0. The molecule has 1 aliphatic carbocycles. The number of rotatable bonds is 6. The summed E-state index contributed by atoms with van der Waals surface area (Å²) >= 11 is 0. The molecule has 276 valence electrons. The Morgan fingerprint density at radius 2 is 0.333 bits per heavy atom. The average Bonchev–Trinajstić information content (AvgIpc) is 2.85. The van der Waals surface area contributed by atoms with Gasteiger partial charge in [-0.2, -0.15) is 0 Å². The molecule has 0 bridgehead atoms. The van der Waals surface area contributed by atoms with Gasteiger partial charge in [-0.25, -0.2) is 0 Å². The minimum absolute atomic E-state index is 0.784. The van der Waals surface area contributed by atoms with Crippen LogP contribution in [0.1, 0.15) is 125 Å². The summed E-state index contributed by atoms with van der Waals surface area (Å²) in [5.74, 6) is -4.71. The maximum atomic E-state index is 13.6. The highest BCUT2D eigenvalue weighted by Crippen LogP contribution is 2.39. The molecule has 1 fully saturated rings. The number of hydrogen-bond acceptors (Lipinski definition) is 12. The van der Waals surface area contributed by atoms with Crippen LogP contribution < -0.4 is 0 Å². The van der Waals surface area contributed by atoms with Gasteiger partial charge in [0, 0.05) is 0 Å². The van der Waals surface area contributed by atoms with Gasteiger partial charge >= 0.3 is 35.8 Å². The molecule has 0 unspecified atom stereocenters. The molecule has 1 rings (SSSR count). The lowest BCUT2D eigenvalue weighted by atomic mass is 9.82. The van der Waals surface area contributed by atoms with Gasteiger partial charge in [0.15, 0.2) is 36.6 Å². The second kappa shape index (κ2) is 14.4. The van der Waals surface area contributed by atoms with Crippen LogP contribution in [0.15, 0.2) is 0 Å². The van der Waals surface area contributed by atoms with E-state index in [2.05, 4.69) is 0 Å². The van der Waals surface area contributed by atoms with Gasteiger partial charge in [-0.3, -0.25) is 28.8 Å². The summed E-state index contributed by atoms with van der Waals surface area (Å²) in [5, 5.41) is 0. The van der Waals surface area contributed by atoms with Gasteiger partial charge in [-0.1, -0.05) is 0 Å². The number of ether oxygens (including phenoxy) is 6. The lowest BCUT2D eigenvalue weighted by Gasteiger charge is -2.49. The third-order valence-electron chi connectivity index (χ3n) is 7.08. The largest absolute Gasteiger partial charge is 0.454 e. The van der Waals surface area contributed by atoms with Crippen molar-refractivity contribution in [3.63, 3.8) is 0 Å². The highest BCUT2D eigenvalue weighted by atomic mass is 16.7. The van der Waals surface area contributed by atoms with Gasteiger partial charge in [0.25, 0.3) is 0 Å². The van der Waals surface area contributed by atoms with E-state index in [0.717, 1.165) is 0 Å². The molecule has 1 aliphatic rings. The Morgan fingerprint density at radius 1 is 0.250 bits per heavy atom. The Hall–Kier alpha value is -3.18. The Kier molecular flexibility index (Phi) is 12.8. The van der Waals surface area contributed by atoms with Crippen molar-refractivity contribution in [2.45, 2.75) is 161 Å². The first-order valence-corrected chi connectivity index (χ1v) is 16.4. The SMILES string of the molecule is CC(C)(C)C(=O)OC1C(OC(=O)C(C)(C)C)C(OC(=O)C(C)(C)C)C(OC(=O)C(C)(C)C)C(OC(=O)C(C)(C)C)C1OC(=O)C(C)(C)C. The summed E-state index contributed by atoms with van der Waals surface area (Å²) in [6, 6.07) is 0. The van der Waals surface area contributed by atoms with Crippen molar-refractivity contribution in [3.05, 3.63) is 0 Å². The Labute approximate surface area is 286 Å². The number of carbonyl (C=O) groups excluding carboxylic acids is 6. The van der Waals surface area contributed by atoms with E-state index in [1.807, 2.05) is 0 Å². The fourth-order valence-electron chi connectivity index (χ4n) is 3.73. The third-order valence-corrected chi connectivity index (χ3v) is 7.08. The lowest BCUT2D eigenvalue weighted by molar-refractivity contribution is -0.269. The fraction of sp³-hybridized carbons (Fsp3) is 0.833.